The Balaban J connectivity index is 2.12. The lowest BCUT2D eigenvalue weighted by Gasteiger charge is -2.23. The number of aryl methyl sites for hydroxylation is 1. The first-order valence-electron chi connectivity index (χ1n) is 6.90. The first-order valence-corrected chi connectivity index (χ1v) is 9.50. The largest absolute Gasteiger partial charge is 0.330 e. The van der Waals surface area contributed by atoms with Crippen LogP contribution in [0, 0.1) is 0 Å². The van der Waals surface area contributed by atoms with Crippen LogP contribution < -0.4 is 5.73 Å². The number of rotatable bonds is 6. The predicted molar refractivity (Wildman–Crippen MR) is 84.5 cm³/mol. The van der Waals surface area contributed by atoms with E-state index in [1.165, 1.54) is 4.31 Å². The molecule has 0 bridgehead atoms. The number of sulfonamides is 1. The lowest BCUT2D eigenvalue weighted by Crippen LogP contribution is -2.36. The van der Waals surface area contributed by atoms with Crippen LogP contribution in [0.15, 0.2) is 29.2 Å². The van der Waals surface area contributed by atoms with E-state index < -0.39 is 10.0 Å². The Morgan fingerprint density at radius 1 is 1.35 bits per heavy atom. The predicted octanol–water partition coefficient (Wildman–Crippen LogP) is 1.70. The van der Waals surface area contributed by atoms with Gasteiger partial charge in [0.1, 0.15) is 0 Å². The van der Waals surface area contributed by atoms with Crippen LogP contribution in [0.2, 0.25) is 0 Å². The maximum absolute atomic E-state index is 12.5. The monoisotopic (exact) mass is 314 g/mol. The summed E-state index contributed by atoms with van der Waals surface area (Å²) in [7, 11) is -1.68. The summed E-state index contributed by atoms with van der Waals surface area (Å²) in [5.41, 5.74) is 6.61. The fourth-order valence-electron chi connectivity index (χ4n) is 2.31. The van der Waals surface area contributed by atoms with Crippen LogP contribution in [0.1, 0.15) is 18.4 Å². The molecule has 2 rings (SSSR count). The second kappa shape index (κ2) is 6.93. The minimum atomic E-state index is -3.36. The van der Waals surface area contributed by atoms with Crippen molar-refractivity contribution < 1.29 is 8.42 Å². The molecule has 0 aromatic heterocycles. The van der Waals surface area contributed by atoms with Crippen molar-refractivity contribution >= 4 is 21.8 Å². The third-order valence-electron chi connectivity index (χ3n) is 3.69. The summed E-state index contributed by atoms with van der Waals surface area (Å²) in [5, 5.41) is 0. The number of nitrogens with two attached hydrogens (primary N) is 1. The van der Waals surface area contributed by atoms with E-state index in [1.807, 2.05) is 23.9 Å². The van der Waals surface area contributed by atoms with Gasteiger partial charge in [0.05, 0.1) is 4.90 Å². The lowest BCUT2D eigenvalue weighted by molar-refractivity contribution is 0.394. The van der Waals surface area contributed by atoms with Crippen LogP contribution >= 0.6 is 11.8 Å². The van der Waals surface area contributed by atoms with Gasteiger partial charge in [-0.25, -0.2) is 8.42 Å². The standard InChI is InChI=1S/C14H22N2O2S2/c1-16(13-8-10-19-11-13)20(17,18)14-6-4-12(5-7-14)3-2-9-15/h4-7,13H,2-3,8-11,15H2,1H3. The van der Waals surface area contributed by atoms with Gasteiger partial charge in [0.15, 0.2) is 0 Å². The first kappa shape index (κ1) is 15.8. The van der Waals surface area contributed by atoms with Crippen LogP contribution in [0.25, 0.3) is 0 Å². The van der Waals surface area contributed by atoms with Gasteiger partial charge < -0.3 is 5.73 Å². The highest BCUT2D eigenvalue weighted by Gasteiger charge is 2.30. The molecular formula is C14H22N2O2S2. The van der Waals surface area contributed by atoms with Gasteiger partial charge in [-0.05, 0) is 49.3 Å². The van der Waals surface area contributed by atoms with E-state index in [9.17, 15) is 8.42 Å². The van der Waals surface area contributed by atoms with Crippen molar-refractivity contribution in [1.82, 2.24) is 4.31 Å². The van der Waals surface area contributed by atoms with Crippen molar-refractivity contribution in [3.63, 3.8) is 0 Å². The zero-order chi connectivity index (χ0) is 14.6. The van der Waals surface area contributed by atoms with E-state index in [4.69, 9.17) is 5.73 Å². The number of hydrogen-bond acceptors (Lipinski definition) is 4. The second-order valence-corrected chi connectivity index (χ2v) is 8.22. The molecule has 112 valence electrons. The molecule has 1 fully saturated rings. The van der Waals surface area contributed by atoms with Crippen LogP contribution in [-0.4, -0.2) is 43.9 Å². The Bertz CT molecular complexity index is 523. The number of nitrogens with zero attached hydrogens (tertiary/aromatic N) is 1. The Labute approximate surface area is 125 Å². The summed E-state index contributed by atoms with van der Waals surface area (Å²) < 4.78 is 26.6. The highest BCUT2D eigenvalue weighted by atomic mass is 32.2. The average molecular weight is 314 g/mol. The first-order chi connectivity index (χ1) is 9.55. The average Bonchev–Trinajstić information content (AvgIpc) is 2.98. The fourth-order valence-corrected chi connectivity index (χ4v) is 5.05. The van der Waals surface area contributed by atoms with Gasteiger partial charge in [0, 0.05) is 18.8 Å². The third kappa shape index (κ3) is 3.55. The summed E-state index contributed by atoms with van der Waals surface area (Å²) in [4.78, 5) is 0.383. The second-order valence-electron chi connectivity index (χ2n) is 5.07. The number of benzene rings is 1. The smallest absolute Gasteiger partial charge is 0.243 e. The zero-order valence-electron chi connectivity index (χ0n) is 11.8. The van der Waals surface area contributed by atoms with Crippen LogP contribution in [0.5, 0.6) is 0 Å². The van der Waals surface area contributed by atoms with E-state index in [-0.39, 0.29) is 6.04 Å². The fraction of sp³-hybridized carbons (Fsp3) is 0.571. The molecule has 1 saturated heterocycles. The molecule has 20 heavy (non-hydrogen) atoms. The maximum Gasteiger partial charge on any atom is 0.243 e. The molecule has 0 saturated carbocycles. The van der Waals surface area contributed by atoms with Crippen molar-refractivity contribution in [2.45, 2.75) is 30.2 Å². The maximum atomic E-state index is 12.5. The van der Waals surface area contributed by atoms with Crippen molar-refractivity contribution in [1.29, 1.82) is 0 Å². The molecule has 1 aliphatic rings. The zero-order valence-corrected chi connectivity index (χ0v) is 13.4. The van der Waals surface area contributed by atoms with Crippen LogP contribution in [0.4, 0.5) is 0 Å². The molecule has 1 aromatic rings. The van der Waals surface area contributed by atoms with Gasteiger partial charge in [-0.15, -0.1) is 0 Å². The third-order valence-corrected chi connectivity index (χ3v) is 6.76. The van der Waals surface area contributed by atoms with Gasteiger partial charge in [0.2, 0.25) is 10.0 Å². The molecule has 6 heteroatoms. The van der Waals surface area contributed by atoms with Gasteiger partial charge in [-0.1, -0.05) is 12.1 Å². The van der Waals surface area contributed by atoms with Crippen molar-refractivity contribution in [2.75, 3.05) is 25.1 Å². The number of thioether (sulfide) groups is 1. The van der Waals surface area contributed by atoms with Crippen molar-refractivity contribution in [2.24, 2.45) is 5.73 Å². The molecule has 1 aromatic carbocycles. The van der Waals surface area contributed by atoms with Crippen molar-refractivity contribution in [3.05, 3.63) is 29.8 Å². The highest BCUT2D eigenvalue weighted by Crippen LogP contribution is 2.26. The minimum Gasteiger partial charge on any atom is -0.330 e. The molecular weight excluding hydrogens is 292 g/mol. The summed E-state index contributed by atoms with van der Waals surface area (Å²) in [5.74, 6) is 1.94. The molecule has 0 aliphatic carbocycles. The molecule has 1 aliphatic heterocycles. The Morgan fingerprint density at radius 2 is 2.05 bits per heavy atom. The minimum absolute atomic E-state index is 0.127. The Hall–Kier alpha value is -0.560. The summed E-state index contributed by atoms with van der Waals surface area (Å²) >= 11 is 1.82. The molecule has 1 heterocycles. The molecule has 1 atom stereocenters. The molecule has 2 N–H and O–H groups in total. The molecule has 0 spiro atoms. The van der Waals surface area contributed by atoms with Gasteiger partial charge >= 0.3 is 0 Å². The molecule has 0 radical (unpaired) electrons. The number of hydrogen-bond donors (Lipinski definition) is 1. The summed E-state index contributed by atoms with van der Waals surface area (Å²) in [6.07, 6.45) is 2.76. The summed E-state index contributed by atoms with van der Waals surface area (Å²) in [6, 6.07) is 7.32. The van der Waals surface area contributed by atoms with E-state index in [0.717, 1.165) is 36.3 Å². The molecule has 1 unspecified atom stereocenters. The SMILES string of the molecule is CN(C1CCSC1)S(=O)(=O)c1ccc(CCCN)cc1. The topological polar surface area (TPSA) is 63.4 Å². The molecule has 0 amide bonds. The quantitative estimate of drug-likeness (QED) is 0.868. The lowest BCUT2D eigenvalue weighted by atomic mass is 10.1. The normalized spacial score (nSPS) is 19.6. The van der Waals surface area contributed by atoms with Gasteiger partial charge in [0.25, 0.3) is 0 Å². The Morgan fingerprint density at radius 3 is 2.60 bits per heavy atom. The van der Waals surface area contributed by atoms with Gasteiger partial charge in [-0.2, -0.15) is 16.1 Å². The Kier molecular flexibility index (Phi) is 5.49. The molecule has 4 nitrogen and oxygen atoms in total. The van der Waals surface area contributed by atoms with Crippen LogP contribution in [0.3, 0.4) is 0 Å². The van der Waals surface area contributed by atoms with E-state index in [1.54, 1.807) is 19.2 Å². The van der Waals surface area contributed by atoms with E-state index in [0.29, 0.717) is 11.4 Å². The highest BCUT2D eigenvalue weighted by molar-refractivity contribution is 7.99. The van der Waals surface area contributed by atoms with Crippen LogP contribution in [-0.2, 0) is 16.4 Å². The van der Waals surface area contributed by atoms with Crippen molar-refractivity contribution in [3.8, 4) is 0 Å². The van der Waals surface area contributed by atoms with Gasteiger partial charge in [-0.3, -0.25) is 0 Å². The van der Waals surface area contributed by atoms with E-state index in [2.05, 4.69) is 0 Å². The summed E-state index contributed by atoms with van der Waals surface area (Å²) in [6.45, 7) is 0.655. The van der Waals surface area contributed by atoms with E-state index >= 15 is 0 Å².